The number of aliphatic hydroxyl groups excluding tert-OH is 1. The lowest BCUT2D eigenvalue weighted by Gasteiger charge is -2.09. The Morgan fingerprint density at radius 3 is 1.76 bits per heavy atom. The van der Waals surface area contributed by atoms with Crippen LogP contribution in [0.4, 0.5) is 0 Å². The van der Waals surface area contributed by atoms with Crippen LogP contribution in [0.3, 0.4) is 0 Å². The van der Waals surface area contributed by atoms with E-state index in [4.69, 9.17) is 10.8 Å². The van der Waals surface area contributed by atoms with Crippen LogP contribution in [-0.4, -0.2) is 30.2 Å². The standard InChI is InChI=1S/C17H36N2O2/c1-2-3-4-5-6-7-8-9-10-11-12-13-14-19-17(21)16(18)15-20/h16,20H,2-15,18H2,1H3,(H,19,21). The maximum Gasteiger partial charge on any atom is 0.239 e. The molecule has 1 amide bonds. The molecule has 4 heteroatoms. The summed E-state index contributed by atoms with van der Waals surface area (Å²) >= 11 is 0. The molecule has 0 aliphatic heterocycles. The van der Waals surface area contributed by atoms with Gasteiger partial charge in [-0.3, -0.25) is 4.79 Å². The van der Waals surface area contributed by atoms with Crippen molar-refractivity contribution in [3.05, 3.63) is 0 Å². The predicted molar refractivity (Wildman–Crippen MR) is 89.1 cm³/mol. The Bertz CT molecular complexity index is 235. The summed E-state index contributed by atoms with van der Waals surface area (Å²) in [4.78, 5) is 11.3. The lowest BCUT2D eigenvalue weighted by Crippen LogP contribution is -2.43. The van der Waals surface area contributed by atoms with E-state index in [1.165, 1.54) is 64.2 Å². The first-order chi connectivity index (χ1) is 10.2. The van der Waals surface area contributed by atoms with Gasteiger partial charge in [-0.25, -0.2) is 0 Å². The van der Waals surface area contributed by atoms with Gasteiger partial charge in [-0.1, -0.05) is 77.6 Å². The summed E-state index contributed by atoms with van der Waals surface area (Å²) in [6.45, 7) is 2.64. The highest BCUT2D eigenvalue weighted by Crippen LogP contribution is 2.11. The molecule has 0 aromatic carbocycles. The third-order valence-electron chi connectivity index (χ3n) is 3.86. The zero-order chi connectivity index (χ0) is 15.8. The van der Waals surface area contributed by atoms with Crippen molar-refractivity contribution in [2.45, 2.75) is 90.0 Å². The van der Waals surface area contributed by atoms with Gasteiger partial charge in [0.05, 0.1) is 6.61 Å². The van der Waals surface area contributed by atoms with E-state index >= 15 is 0 Å². The molecule has 0 aliphatic rings. The number of unbranched alkanes of at least 4 members (excludes halogenated alkanes) is 11. The molecule has 1 atom stereocenters. The number of hydrogen-bond donors (Lipinski definition) is 3. The summed E-state index contributed by atoms with van der Waals surface area (Å²) in [5, 5.41) is 11.5. The van der Waals surface area contributed by atoms with Crippen LogP contribution in [-0.2, 0) is 4.79 Å². The van der Waals surface area contributed by atoms with Crippen LogP contribution in [0.25, 0.3) is 0 Å². The van der Waals surface area contributed by atoms with Crippen LogP contribution in [0, 0.1) is 0 Å². The quantitative estimate of drug-likeness (QED) is 0.407. The van der Waals surface area contributed by atoms with Crippen LogP contribution < -0.4 is 11.1 Å². The summed E-state index contributed by atoms with van der Waals surface area (Å²) in [7, 11) is 0. The number of nitrogens with one attached hydrogen (secondary N) is 1. The molecule has 0 aromatic heterocycles. The van der Waals surface area contributed by atoms with Crippen molar-refractivity contribution in [1.29, 1.82) is 0 Å². The molecular weight excluding hydrogens is 264 g/mol. The van der Waals surface area contributed by atoms with Crippen LogP contribution in [0.2, 0.25) is 0 Å². The first-order valence-electron chi connectivity index (χ1n) is 8.86. The van der Waals surface area contributed by atoms with E-state index in [0.717, 1.165) is 12.8 Å². The highest BCUT2D eigenvalue weighted by molar-refractivity contribution is 5.81. The van der Waals surface area contributed by atoms with Crippen molar-refractivity contribution in [2.24, 2.45) is 5.73 Å². The zero-order valence-corrected chi connectivity index (χ0v) is 13.9. The summed E-state index contributed by atoms with van der Waals surface area (Å²) in [6.07, 6.45) is 15.7. The van der Waals surface area contributed by atoms with E-state index in [9.17, 15) is 4.79 Å². The minimum atomic E-state index is -0.776. The third kappa shape index (κ3) is 14.1. The van der Waals surface area contributed by atoms with Crippen molar-refractivity contribution in [3.8, 4) is 0 Å². The number of rotatable bonds is 15. The van der Waals surface area contributed by atoms with Crippen LogP contribution in [0.15, 0.2) is 0 Å². The van der Waals surface area contributed by atoms with Gasteiger partial charge in [0.2, 0.25) is 5.91 Å². The molecule has 0 bridgehead atoms. The maximum atomic E-state index is 11.3. The Morgan fingerprint density at radius 2 is 1.33 bits per heavy atom. The average molecular weight is 300 g/mol. The molecular formula is C17H36N2O2. The van der Waals surface area contributed by atoms with Crippen molar-refractivity contribution in [3.63, 3.8) is 0 Å². The number of carbonyl (C=O) groups excluding carboxylic acids is 1. The van der Waals surface area contributed by atoms with E-state index in [1.807, 2.05) is 0 Å². The molecule has 0 aromatic rings. The molecule has 0 saturated carbocycles. The molecule has 0 radical (unpaired) electrons. The second-order valence-electron chi connectivity index (χ2n) is 5.97. The molecule has 1 unspecified atom stereocenters. The van der Waals surface area contributed by atoms with Crippen molar-refractivity contribution < 1.29 is 9.90 Å². The van der Waals surface area contributed by atoms with Crippen molar-refractivity contribution in [1.82, 2.24) is 5.32 Å². The predicted octanol–water partition coefficient (Wildman–Crippen LogP) is 3.12. The van der Waals surface area contributed by atoms with Gasteiger partial charge in [0.25, 0.3) is 0 Å². The van der Waals surface area contributed by atoms with Gasteiger partial charge in [0.1, 0.15) is 6.04 Å². The number of nitrogens with two attached hydrogens (primary N) is 1. The Balaban J connectivity index is 3.11. The van der Waals surface area contributed by atoms with E-state index in [2.05, 4.69) is 12.2 Å². The summed E-state index contributed by atoms with van der Waals surface area (Å²) < 4.78 is 0. The third-order valence-corrected chi connectivity index (χ3v) is 3.86. The maximum absolute atomic E-state index is 11.3. The van der Waals surface area contributed by atoms with Gasteiger partial charge < -0.3 is 16.2 Å². The van der Waals surface area contributed by atoms with E-state index < -0.39 is 6.04 Å². The minimum absolute atomic E-state index is 0.249. The topological polar surface area (TPSA) is 75.4 Å². The van der Waals surface area contributed by atoms with Crippen molar-refractivity contribution in [2.75, 3.05) is 13.2 Å². The fourth-order valence-electron chi connectivity index (χ4n) is 2.39. The lowest BCUT2D eigenvalue weighted by molar-refractivity contribution is -0.123. The molecule has 0 spiro atoms. The first-order valence-corrected chi connectivity index (χ1v) is 8.86. The Hall–Kier alpha value is -0.610. The van der Waals surface area contributed by atoms with Gasteiger partial charge in [-0.15, -0.1) is 0 Å². The normalized spacial score (nSPS) is 12.3. The number of hydrogen-bond acceptors (Lipinski definition) is 3. The van der Waals surface area contributed by atoms with E-state index in [0.29, 0.717) is 6.54 Å². The fraction of sp³-hybridized carbons (Fsp3) is 0.941. The minimum Gasteiger partial charge on any atom is -0.394 e. The molecule has 0 heterocycles. The summed E-state index contributed by atoms with van der Waals surface area (Å²) in [5.74, 6) is -0.249. The molecule has 0 saturated heterocycles. The monoisotopic (exact) mass is 300 g/mol. The second-order valence-corrected chi connectivity index (χ2v) is 5.97. The molecule has 21 heavy (non-hydrogen) atoms. The number of carbonyl (C=O) groups is 1. The SMILES string of the molecule is CCCCCCCCCCCCCCNC(=O)C(N)CO. The van der Waals surface area contributed by atoms with E-state index in [1.54, 1.807) is 0 Å². The molecule has 0 aliphatic carbocycles. The second kappa shape index (κ2) is 15.8. The van der Waals surface area contributed by atoms with Gasteiger partial charge in [0, 0.05) is 6.54 Å². The smallest absolute Gasteiger partial charge is 0.239 e. The van der Waals surface area contributed by atoms with Crippen LogP contribution >= 0.6 is 0 Å². The fourth-order valence-corrected chi connectivity index (χ4v) is 2.39. The van der Waals surface area contributed by atoms with Gasteiger partial charge in [-0.05, 0) is 6.42 Å². The van der Waals surface area contributed by atoms with Gasteiger partial charge in [-0.2, -0.15) is 0 Å². The number of aliphatic hydroxyl groups is 1. The highest BCUT2D eigenvalue weighted by Gasteiger charge is 2.09. The Morgan fingerprint density at radius 1 is 0.905 bits per heavy atom. The highest BCUT2D eigenvalue weighted by atomic mass is 16.3. The Labute approximate surface area is 130 Å². The molecule has 0 fully saturated rings. The molecule has 4 N–H and O–H groups in total. The lowest BCUT2D eigenvalue weighted by atomic mass is 10.1. The average Bonchev–Trinajstić information content (AvgIpc) is 2.50. The molecule has 0 rings (SSSR count). The van der Waals surface area contributed by atoms with Crippen LogP contribution in [0.5, 0.6) is 0 Å². The van der Waals surface area contributed by atoms with Gasteiger partial charge >= 0.3 is 0 Å². The zero-order valence-electron chi connectivity index (χ0n) is 13.9. The van der Waals surface area contributed by atoms with Crippen LogP contribution in [0.1, 0.15) is 84.0 Å². The molecule has 4 nitrogen and oxygen atoms in total. The Kier molecular flexibility index (Phi) is 15.3. The van der Waals surface area contributed by atoms with E-state index in [-0.39, 0.29) is 12.5 Å². The summed E-state index contributed by atoms with van der Waals surface area (Å²) in [6, 6.07) is -0.776. The molecule has 126 valence electrons. The largest absolute Gasteiger partial charge is 0.394 e. The summed E-state index contributed by atoms with van der Waals surface area (Å²) in [5.41, 5.74) is 5.40. The first kappa shape index (κ1) is 20.4. The number of amides is 1. The van der Waals surface area contributed by atoms with Gasteiger partial charge in [0.15, 0.2) is 0 Å². The van der Waals surface area contributed by atoms with Crippen molar-refractivity contribution >= 4 is 5.91 Å².